The van der Waals surface area contributed by atoms with Crippen LogP contribution in [-0.2, 0) is 4.79 Å². The lowest BCUT2D eigenvalue weighted by Gasteiger charge is -1.94. The lowest BCUT2D eigenvalue weighted by molar-refractivity contribution is -0.113. The van der Waals surface area contributed by atoms with E-state index in [1.807, 2.05) is 0 Å². The molecule has 1 aromatic rings. The van der Waals surface area contributed by atoms with Gasteiger partial charge in [-0.2, -0.15) is 0 Å². The first-order valence-electron chi connectivity index (χ1n) is 3.31. The van der Waals surface area contributed by atoms with Crippen LogP contribution in [0.15, 0.2) is 24.4 Å². The molecule has 0 aliphatic carbocycles. The fourth-order valence-electron chi connectivity index (χ4n) is 0.699. The SMILES string of the molecule is NC(=O)C=Cc1ncccc1O. The maximum atomic E-state index is 10.3. The van der Waals surface area contributed by atoms with Crippen molar-refractivity contribution in [3.63, 3.8) is 0 Å². The minimum Gasteiger partial charge on any atom is -0.506 e. The number of amides is 1. The van der Waals surface area contributed by atoms with E-state index in [4.69, 9.17) is 10.8 Å². The predicted molar refractivity (Wildman–Crippen MR) is 44.1 cm³/mol. The van der Waals surface area contributed by atoms with Crippen molar-refractivity contribution in [1.82, 2.24) is 4.98 Å². The number of carbonyl (C=O) groups excluding carboxylic acids is 1. The van der Waals surface area contributed by atoms with Crippen LogP contribution in [0.4, 0.5) is 0 Å². The molecule has 4 heteroatoms. The van der Waals surface area contributed by atoms with Crippen LogP contribution in [0.2, 0.25) is 0 Å². The van der Waals surface area contributed by atoms with Crippen LogP contribution in [0.5, 0.6) is 5.75 Å². The van der Waals surface area contributed by atoms with E-state index < -0.39 is 5.91 Å². The molecule has 0 aromatic carbocycles. The van der Waals surface area contributed by atoms with Crippen molar-refractivity contribution in [2.75, 3.05) is 0 Å². The smallest absolute Gasteiger partial charge is 0.241 e. The summed E-state index contributed by atoms with van der Waals surface area (Å²) < 4.78 is 0. The lowest BCUT2D eigenvalue weighted by atomic mass is 10.3. The molecule has 4 nitrogen and oxygen atoms in total. The molecule has 0 saturated heterocycles. The van der Waals surface area contributed by atoms with Crippen molar-refractivity contribution in [1.29, 1.82) is 0 Å². The molecule has 1 amide bonds. The molecule has 0 radical (unpaired) electrons. The van der Waals surface area contributed by atoms with E-state index in [2.05, 4.69) is 4.98 Å². The van der Waals surface area contributed by atoms with Crippen molar-refractivity contribution in [3.8, 4) is 5.75 Å². The Balaban J connectivity index is 2.89. The summed E-state index contributed by atoms with van der Waals surface area (Å²) >= 11 is 0. The minimum absolute atomic E-state index is 0.0231. The molecule has 0 spiro atoms. The quantitative estimate of drug-likeness (QED) is 0.616. The van der Waals surface area contributed by atoms with E-state index in [0.29, 0.717) is 5.69 Å². The number of rotatable bonds is 2. The normalized spacial score (nSPS) is 10.3. The fourth-order valence-corrected chi connectivity index (χ4v) is 0.699. The van der Waals surface area contributed by atoms with E-state index in [-0.39, 0.29) is 5.75 Å². The van der Waals surface area contributed by atoms with Gasteiger partial charge in [0.2, 0.25) is 5.91 Å². The van der Waals surface area contributed by atoms with Crippen LogP contribution in [0, 0.1) is 0 Å². The minimum atomic E-state index is -0.569. The van der Waals surface area contributed by atoms with E-state index in [0.717, 1.165) is 6.08 Å². The second-order valence-corrected chi connectivity index (χ2v) is 2.14. The highest BCUT2D eigenvalue weighted by molar-refractivity contribution is 5.90. The Bertz CT molecular complexity index is 321. The van der Waals surface area contributed by atoms with Gasteiger partial charge in [-0.3, -0.25) is 9.78 Å². The van der Waals surface area contributed by atoms with Gasteiger partial charge in [0.15, 0.2) is 0 Å². The molecule has 1 heterocycles. The summed E-state index contributed by atoms with van der Waals surface area (Å²) in [5.41, 5.74) is 5.19. The van der Waals surface area contributed by atoms with Gasteiger partial charge < -0.3 is 10.8 Å². The Morgan fingerprint density at radius 3 is 3.00 bits per heavy atom. The molecule has 3 N–H and O–H groups in total. The number of pyridine rings is 1. The summed E-state index contributed by atoms with van der Waals surface area (Å²) in [6.07, 6.45) is 4.01. The Morgan fingerprint density at radius 2 is 2.42 bits per heavy atom. The number of aromatic nitrogens is 1. The van der Waals surface area contributed by atoms with Gasteiger partial charge in [0, 0.05) is 12.3 Å². The summed E-state index contributed by atoms with van der Waals surface area (Å²) in [4.78, 5) is 14.1. The van der Waals surface area contributed by atoms with Gasteiger partial charge in [-0.1, -0.05) is 0 Å². The first-order valence-corrected chi connectivity index (χ1v) is 3.31. The molecular weight excluding hydrogens is 156 g/mol. The maximum Gasteiger partial charge on any atom is 0.241 e. The highest BCUT2D eigenvalue weighted by Crippen LogP contribution is 2.13. The van der Waals surface area contributed by atoms with Crippen LogP contribution >= 0.6 is 0 Å². The Morgan fingerprint density at radius 1 is 1.67 bits per heavy atom. The predicted octanol–water partition coefficient (Wildman–Crippen LogP) is 0.286. The first-order chi connectivity index (χ1) is 5.70. The summed E-state index contributed by atoms with van der Waals surface area (Å²) in [6, 6.07) is 3.07. The van der Waals surface area contributed by atoms with Gasteiger partial charge in [0.05, 0.1) is 0 Å². The molecular formula is C8H8N2O2. The third-order valence-corrected chi connectivity index (χ3v) is 1.22. The zero-order chi connectivity index (χ0) is 8.97. The van der Waals surface area contributed by atoms with Crippen molar-refractivity contribution in [2.45, 2.75) is 0 Å². The molecule has 0 aliphatic heterocycles. The van der Waals surface area contributed by atoms with Crippen LogP contribution in [-0.4, -0.2) is 16.0 Å². The number of aromatic hydroxyl groups is 1. The Kier molecular flexibility index (Phi) is 2.42. The zero-order valence-corrected chi connectivity index (χ0v) is 6.27. The number of nitrogens with zero attached hydrogens (tertiary/aromatic N) is 1. The summed E-state index contributed by atoms with van der Waals surface area (Å²) in [6.45, 7) is 0. The third-order valence-electron chi connectivity index (χ3n) is 1.22. The number of carbonyl (C=O) groups is 1. The van der Waals surface area contributed by atoms with E-state index in [1.165, 1.54) is 18.3 Å². The molecule has 0 unspecified atom stereocenters. The zero-order valence-electron chi connectivity index (χ0n) is 6.27. The number of hydrogen-bond acceptors (Lipinski definition) is 3. The highest BCUT2D eigenvalue weighted by atomic mass is 16.3. The fraction of sp³-hybridized carbons (Fsp3) is 0. The molecule has 1 aromatic heterocycles. The topological polar surface area (TPSA) is 76.2 Å². The summed E-state index contributed by atoms with van der Waals surface area (Å²) in [5.74, 6) is -0.546. The van der Waals surface area contributed by atoms with E-state index in [1.54, 1.807) is 6.07 Å². The second kappa shape index (κ2) is 3.52. The average Bonchev–Trinajstić information content (AvgIpc) is 2.03. The maximum absolute atomic E-state index is 10.3. The third kappa shape index (κ3) is 2.09. The number of nitrogens with two attached hydrogens (primary N) is 1. The van der Waals surface area contributed by atoms with Gasteiger partial charge in [-0.15, -0.1) is 0 Å². The van der Waals surface area contributed by atoms with Crippen molar-refractivity contribution in [3.05, 3.63) is 30.1 Å². The van der Waals surface area contributed by atoms with Gasteiger partial charge in [0.1, 0.15) is 11.4 Å². The Labute approximate surface area is 69.4 Å². The summed E-state index contributed by atoms with van der Waals surface area (Å²) in [5, 5.41) is 9.16. The van der Waals surface area contributed by atoms with Crippen molar-refractivity contribution < 1.29 is 9.90 Å². The van der Waals surface area contributed by atoms with E-state index >= 15 is 0 Å². The number of hydrogen-bond donors (Lipinski definition) is 2. The Hall–Kier alpha value is -1.84. The molecule has 0 bridgehead atoms. The molecule has 0 aliphatic rings. The molecule has 0 atom stereocenters. The van der Waals surface area contributed by atoms with Crippen LogP contribution in [0.25, 0.3) is 6.08 Å². The summed E-state index contributed by atoms with van der Waals surface area (Å²) in [7, 11) is 0. The molecule has 0 fully saturated rings. The van der Waals surface area contributed by atoms with Crippen molar-refractivity contribution >= 4 is 12.0 Å². The van der Waals surface area contributed by atoms with Crippen LogP contribution in [0.1, 0.15) is 5.69 Å². The molecule has 12 heavy (non-hydrogen) atoms. The second-order valence-electron chi connectivity index (χ2n) is 2.14. The molecule has 0 saturated carbocycles. The highest BCUT2D eigenvalue weighted by Gasteiger charge is 1.95. The largest absolute Gasteiger partial charge is 0.506 e. The number of primary amides is 1. The van der Waals surface area contributed by atoms with Crippen LogP contribution < -0.4 is 5.73 Å². The van der Waals surface area contributed by atoms with Gasteiger partial charge >= 0.3 is 0 Å². The van der Waals surface area contributed by atoms with Gasteiger partial charge in [0.25, 0.3) is 0 Å². The van der Waals surface area contributed by atoms with E-state index in [9.17, 15) is 4.79 Å². The van der Waals surface area contributed by atoms with Crippen molar-refractivity contribution in [2.24, 2.45) is 5.73 Å². The average molecular weight is 164 g/mol. The first kappa shape index (κ1) is 8.26. The monoisotopic (exact) mass is 164 g/mol. The van der Waals surface area contributed by atoms with Crippen LogP contribution in [0.3, 0.4) is 0 Å². The standard InChI is InChI=1S/C8H8N2O2/c9-8(12)4-3-6-7(11)2-1-5-10-6/h1-5,11H,(H2,9,12). The van der Waals surface area contributed by atoms with Gasteiger partial charge in [-0.25, -0.2) is 0 Å². The molecule has 62 valence electrons. The molecule has 1 rings (SSSR count). The lowest BCUT2D eigenvalue weighted by Crippen LogP contribution is -2.05. The van der Waals surface area contributed by atoms with Gasteiger partial charge in [-0.05, 0) is 18.2 Å².